The van der Waals surface area contributed by atoms with Crippen LogP contribution < -0.4 is 5.32 Å². The Hall–Kier alpha value is -3.99. The molecule has 5 aromatic rings. The van der Waals surface area contributed by atoms with E-state index in [9.17, 15) is 0 Å². The number of aromatic nitrogens is 4. The molecule has 0 amide bonds. The second-order valence-electron chi connectivity index (χ2n) is 7.25. The Kier molecular flexibility index (Phi) is 4.69. The highest BCUT2D eigenvalue weighted by atomic mass is 14.9. The molecule has 146 valence electrons. The monoisotopic (exact) mass is 391 g/mol. The summed E-state index contributed by atoms with van der Waals surface area (Å²) in [7, 11) is 0. The van der Waals surface area contributed by atoms with Crippen LogP contribution in [0.2, 0.25) is 0 Å². The fraction of sp³-hybridized carbons (Fsp3) is 0.0800. The number of nitrogens with one attached hydrogen (secondary N) is 2. The van der Waals surface area contributed by atoms with Gasteiger partial charge in [-0.25, -0.2) is 9.97 Å². The minimum Gasteiger partial charge on any atom is -0.379 e. The topological polar surface area (TPSA) is 66.5 Å². The molecule has 0 radical (unpaired) electrons. The Labute approximate surface area is 174 Å². The van der Waals surface area contributed by atoms with Crippen molar-refractivity contribution in [3.8, 4) is 22.4 Å². The summed E-state index contributed by atoms with van der Waals surface area (Å²) in [6, 6.07) is 22.9. The van der Waals surface area contributed by atoms with Gasteiger partial charge < -0.3 is 10.3 Å². The standard InChI is InChI=1S/C25H21N5/c1-17(18-6-3-2-4-7-18)29-21-9-5-8-20(14-21)22-15-27-25-24(22)30-23(16-28-25)19-10-12-26-13-11-19/h2-17,29H,1H3,(H,27,28)/t17-/m0/s1. The van der Waals surface area contributed by atoms with Gasteiger partial charge >= 0.3 is 0 Å². The molecule has 0 aliphatic heterocycles. The minimum absolute atomic E-state index is 0.211. The lowest BCUT2D eigenvalue weighted by atomic mass is 10.1. The van der Waals surface area contributed by atoms with Gasteiger partial charge in [-0.15, -0.1) is 0 Å². The van der Waals surface area contributed by atoms with Crippen LogP contribution in [0, 0.1) is 0 Å². The summed E-state index contributed by atoms with van der Waals surface area (Å²) in [5, 5.41) is 3.59. The second kappa shape index (κ2) is 7.79. The van der Waals surface area contributed by atoms with E-state index < -0.39 is 0 Å². The van der Waals surface area contributed by atoms with Gasteiger partial charge in [0.1, 0.15) is 5.52 Å². The fourth-order valence-corrected chi connectivity index (χ4v) is 3.62. The molecule has 0 aliphatic rings. The Morgan fingerprint density at radius 3 is 2.57 bits per heavy atom. The number of hydrogen-bond donors (Lipinski definition) is 2. The molecule has 0 bridgehead atoms. The normalized spacial score (nSPS) is 12.0. The number of fused-ring (bicyclic) bond motifs is 1. The number of hydrogen-bond acceptors (Lipinski definition) is 4. The van der Waals surface area contributed by atoms with Gasteiger partial charge in [0.25, 0.3) is 0 Å². The minimum atomic E-state index is 0.211. The van der Waals surface area contributed by atoms with Gasteiger partial charge in [-0.3, -0.25) is 4.98 Å². The zero-order valence-electron chi connectivity index (χ0n) is 16.6. The maximum Gasteiger partial charge on any atom is 0.156 e. The molecular formula is C25H21N5. The zero-order chi connectivity index (χ0) is 20.3. The zero-order valence-corrected chi connectivity index (χ0v) is 16.6. The molecule has 5 heteroatoms. The smallest absolute Gasteiger partial charge is 0.156 e. The number of anilines is 1. The largest absolute Gasteiger partial charge is 0.379 e. The molecule has 0 unspecified atom stereocenters. The molecule has 3 aromatic heterocycles. The average molecular weight is 391 g/mol. The fourth-order valence-electron chi connectivity index (χ4n) is 3.62. The van der Waals surface area contributed by atoms with Crippen molar-refractivity contribution < 1.29 is 0 Å². The van der Waals surface area contributed by atoms with Crippen molar-refractivity contribution in [2.45, 2.75) is 13.0 Å². The summed E-state index contributed by atoms with van der Waals surface area (Å²) in [6.45, 7) is 2.17. The number of pyridine rings is 1. The molecule has 30 heavy (non-hydrogen) atoms. The van der Waals surface area contributed by atoms with Gasteiger partial charge in [0.15, 0.2) is 5.65 Å². The van der Waals surface area contributed by atoms with Crippen molar-refractivity contribution in [3.05, 3.63) is 97.1 Å². The van der Waals surface area contributed by atoms with E-state index in [1.54, 1.807) is 18.6 Å². The van der Waals surface area contributed by atoms with E-state index in [4.69, 9.17) is 4.98 Å². The van der Waals surface area contributed by atoms with Gasteiger partial charge in [0.05, 0.1) is 11.9 Å². The molecule has 2 N–H and O–H groups in total. The predicted octanol–water partition coefficient (Wildman–Crippen LogP) is 5.86. The molecule has 0 saturated carbocycles. The van der Waals surface area contributed by atoms with Gasteiger partial charge in [0.2, 0.25) is 0 Å². The number of aromatic amines is 1. The van der Waals surface area contributed by atoms with Crippen molar-refractivity contribution >= 4 is 16.9 Å². The van der Waals surface area contributed by atoms with Crippen LogP contribution in [0.25, 0.3) is 33.5 Å². The van der Waals surface area contributed by atoms with Crippen molar-refractivity contribution in [2.24, 2.45) is 0 Å². The van der Waals surface area contributed by atoms with Crippen molar-refractivity contribution in [1.82, 2.24) is 19.9 Å². The highest BCUT2D eigenvalue weighted by Gasteiger charge is 2.12. The SMILES string of the molecule is C[C@H](Nc1cccc(-c2c[nH]c3ncc(-c4ccncc4)nc23)c1)c1ccccc1. The molecule has 3 heterocycles. The van der Waals surface area contributed by atoms with Crippen molar-refractivity contribution in [3.63, 3.8) is 0 Å². The van der Waals surface area contributed by atoms with Crippen LogP contribution in [-0.2, 0) is 0 Å². The van der Waals surface area contributed by atoms with E-state index in [1.807, 2.05) is 24.4 Å². The quantitative estimate of drug-likeness (QED) is 0.394. The van der Waals surface area contributed by atoms with E-state index in [1.165, 1.54) is 5.56 Å². The first-order chi connectivity index (χ1) is 14.8. The number of benzene rings is 2. The first-order valence-electron chi connectivity index (χ1n) is 9.94. The third-order valence-corrected chi connectivity index (χ3v) is 5.21. The van der Waals surface area contributed by atoms with Gasteiger partial charge in [-0.05, 0) is 42.3 Å². The molecule has 0 spiro atoms. The first-order valence-corrected chi connectivity index (χ1v) is 9.94. The maximum absolute atomic E-state index is 4.88. The maximum atomic E-state index is 4.88. The highest BCUT2D eigenvalue weighted by molar-refractivity contribution is 5.92. The number of nitrogens with zero attached hydrogens (tertiary/aromatic N) is 3. The molecule has 0 saturated heterocycles. The Morgan fingerprint density at radius 1 is 0.900 bits per heavy atom. The number of H-pyrrole nitrogens is 1. The van der Waals surface area contributed by atoms with Gasteiger partial charge in [-0.2, -0.15) is 0 Å². The lowest BCUT2D eigenvalue weighted by molar-refractivity contribution is 0.885. The summed E-state index contributed by atoms with van der Waals surface area (Å²) in [4.78, 5) is 16.8. The van der Waals surface area contributed by atoms with E-state index in [0.717, 1.165) is 39.2 Å². The lowest BCUT2D eigenvalue weighted by Crippen LogP contribution is -2.06. The summed E-state index contributed by atoms with van der Waals surface area (Å²) in [5.41, 5.74) is 7.91. The highest BCUT2D eigenvalue weighted by Crippen LogP contribution is 2.30. The lowest BCUT2D eigenvalue weighted by Gasteiger charge is -2.16. The van der Waals surface area contributed by atoms with E-state index in [2.05, 4.69) is 75.7 Å². The van der Waals surface area contributed by atoms with E-state index >= 15 is 0 Å². The van der Waals surface area contributed by atoms with Crippen LogP contribution in [0.1, 0.15) is 18.5 Å². The summed E-state index contributed by atoms with van der Waals surface area (Å²) in [5.74, 6) is 0. The van der Waals surface area contributed by atoms with Crippen LogP contribution >= 0.6 is 0 Å². The van der Waals surface area contributed by atoms with Gasteiger partial charge in [-0.1, -0.05) is 42.5 Å². The van der Waals surface area contributed by atoms with Crippen LogP contribution in [0.3, 0.4) is 0 Å². The Balaban J connectivity index is 1.49. The van der Waals surface area contributed by atoms with E-state index in [0.29, 0.717) is 0 Å². The Bertz CT molecular complexity index is 1280. The predicted molar refractivity (Wildman–Crippen MR) is 121 cm³/mol. The molecule has 1 atom stereocenters. The first kappa shape index (κ1) is 18.1. The summed E-state index contributed by atoms with van der Waals surface area (Å²) in [6.07, 6.45) is 7.29. The third-order valence-electron chi connectivity index (χ3n) is 5.21. The summed E-state index contributed by atoms with van der Waals surface area (Å²) < 4.78 is 0. The van der Waals surface area contributed by atoms with Crippen LogP contribution in [0.4, 0.5) is 5.69 Å². The van der Waals surface area contributed by atoms with Crippen LogP contribution in [0.15, 0.2) is 91.5 Å². The molecule has 0 fully saturated rings. The molecule has 5 rings (SSSR count). The van der Waals surface area contributed by atoms with Crippen LogP contribution in [0.5, 0.6) is 0 Å². The molecule has 5 nitrogen and oxygen atoms in total. The molecular weight excluding hydrogens is 370 g/mol. The number of rotatable bonds is 5. The third kappa shape index (κ3) is 3.53. The second-order valence-corrected chi connectivity index (χ2v) is 7.25. The molecule has 0 aliphatic carbocycles. The summed E-state index contributed by atoms with van der Waals surface area (Å²) >= 11 is 0. The average Bonchev–Trinajstić information content (AvgIpc) is 3.24. The Morgan fingerprint density at radius 2 is 1.73 bits per heavy atom. The van der Waals surface area contributed by atoms with Gasteiger partial charge in [0, 0.05) is 41.4 Å². The molecule has 2 aromatic carbocycles. The van der Waals surface area contributed by atoms with Crippen molar-refractivity contribution in [2.75, 3.05) is 5.32 Å². The van der Waals surface area contributed by atoms with Crippen molar-refractivity contribution in [1.29, 1.82) is 0 Å². The van der Waals surface area contributed by atoms with E-state index in [-0.39, 0.29) is 6.04 Å². The van der Waals surface area contributed by atoms with Crippen LogP contribution in [-0.4, -0.2) is 19.9 Å².